The van der Waals surface area contributed by atoms with E-state index in [0.717, 1.165) is 49.8 Å². The van der Waals surface area contributed by atoms with Crippen LogP contribution in [0.5, 0.6) is 0 Å². The molecule has 2 aliphatic carbocycles. The lowest BCUT2D eigenvalue weighted by molar-refractivity contribution is -0.137. The number of ether oxygens (including phenoxy) is 1. The van der Waals surface area contributed by atoms with E-state index >= 15 is 0 Å². The van der Waals surface area contributed by atoms with Gasteiger partial charge in [-0.3, -0.25) is 33.8 Å². The standard InChI is InChI=1S/C51H70F3N11O7/c1-31(2)63(3)36-15-17-42(65-22-18-40(50(65)71)62-48-37-25-34(51(52,53)54)12-16-39(37)58-30-59-48)41(26-36)61-45(68)9-5-8-44(67)60-35-13-10-32(11-14-35)28-57-43(66)19-23-72-24-21-56-49(70)38-27-46(69)64(4)47(38)33-7-6-20-55-29-33/h6-7,12,16,20,25,29-32,35-36,38,40-42,47H,5,8-11,13-15,17-19,21-24,26-28H2,1-4H3,(H,56,70)(H,57,66)(H,60,67)(H,61,68)(H,58,59,62)/t32?,35?,36-,38+,40+,41-,42+,47-/m1/s1. The van der Waals surface area contributed by atoms with Crippen LogP contribution in [0, 0.1) is 11.8 Å². The average Bonchev–Trinajstić information content (AvgIpc) is 3.87. The molecule has 4 aliphatic rings. The first-order valence-electron chi connectivity index (χ1n) is 25.4. The Balaban J connectivity index is 0.780. The van der Waals surface area contributed by atoms with Gasteiger partial charge in [-0.1, -0.05) is 6.07 Å². The summed E-state index contributed by atoms with van der Waals surface area (Å²) in [5.41, 5.74) is 0.292. The summed E-state index contributed by atoms with van der Waals surface area (Å²) >= 11 is 0. The molecule has 0 unspecified atom stereocenters. The molecule has 0 spiro atoms. The fourth-order valence-electron chi connectivity index (χ4n) is 10.7. The minimum absolute atomic E-state index is 0.0167. The minimum Gasteiger partial charge on any atom is -0.379 e. The van der Waals surface area contributed by atoms with Crippen LogP contribution < -0.4 is 26.6 Å². The predicted octanol–water partition coefficient (Wildman–Crippen LogP) is 4.51. The molecule has 0 bridgehead atoms. The number of carbonyl (C=O) groups is 6. The zero-order valence-electron chi connectivity index (χ0n) is 41.7. The number of anilines is 1. The third-order valence-corrected chi connectivity index (χ3v) is 15.0. The summed E-state index contributed by atoms with van der Waals surface area (Å²) in [7, 11) is 3.75. The number of hydrogen-bond donors (Lipinski definition) is 5. The molecule has 392 valence electrons. The van der Waals surface area contributed by atoms with E-state index in [1.807, 2.05) is 6.07 Å². The van der Waals surface area contributed by atoms with Crippen molar-refractivity contribution in [2.24, 2.45) is 11.8 Å². The maximum atomic E-state index is 14.0. The number of nitrogens with one attached hydrogen (secondary N) is 5. The van der Waals surface area contributed by atoms with Crippen LogP contribution in [0.2, 0.25) is 0 Å². The fourth-order valence-corrected chi connectivity index (χ4v) is 10.7. The number of carbonyl (C=O) groups excluding carboxylic acids is 6. The predicted molar refractivity (Wildman–Crippen MR) is 262 cm³/mol. The lowest BCUT2D eigenvalue weighted by Gasteiger charge is -2.44. The number of rotatable bonds is 21. The highest BCUT2D eigenvalue weighted by Crippen LogP contribution is 2.37. The lowest BCUT2D eigenvalue weighted by Crippen LogP contribution is -2.58. The van der Waals surface area contributed by atoms with E-state index in [9.17, 15) is 41.9 Å². The number of amides is 6. The van der Waals surface area contributed by atoms with E-state index in [0.29, 0.717) is 44.3 Å². The molecule has 21 heteroatoms. The number of likely N-dealkylation sites (tertiary alicyclic amines) is 2. The van der Waals surface area contributed by atoms with Crippen molar-refractivity contribution in [3.8, 4) is 0 Å². The normalized spacial score (nSPS) is 24.7. The molecule has 7 rings (SSSR count). The molecule has 2 saturated carbocycles. The number of fused-ring (bicyclic) bond motifs is 1. The molecule has 6 amide bonds. The van der Waals surface area contributed by atoms with Gasteiger partial charge < -0.3 is 46.0 Å². The van der Waals surface area contributed by atoms with Crippen molar-refractivity contribution in [1.82, 2.24) is 50.9 Å². The summed E-state index contributed by atoms with van der Waals surface area (Å²) in [6.07, 6.45) is 6.79. The number of alkyl halides is 3. The van der Waals surface area contributed by atoms with Crippen LogP contribution >= 0.6 is 0 Å². The fraction of sp³-hybridized carbons (Fsp3) is 0.627. The molecule has 2 aromatic heterocycles. The van der Waals surface area contributed by atoms with Gasteiger partial charge in [-0.25, -0.2) is 9.97 Å². The van der Waals surface area contributed by atoms with E-state index in [4.69, 9.17) is 4.74 Å². The number of pyridine rings is 1. The van der Waals surface area contributed by atoms with Crippen molar-refractivity contribution in [2.45, 2.75) is 146 Å². The van der Waals surface area contributed by atoms with E-state index < -0.39 is 23.7 Å². The number of hydrogen-bond acceptors (Lipinski definition) is 12. The van der Waals surface area contributed by atoms with Crippen molar-refractivity contribution in [3.05, 3.63) is 60.2 Å². The summed E-state index contributed by atoms with van der Waals surface area (Å²) in [5, 5.41) is 15.5. The maximum absolute atomic E-state index is 14.0. The van der Waals surface area contributed by atoms with Gasteiger partial charge in [0.05, 0.1) is 48.3 Å². The summed E-state index contributed by atoms with van der Waals surface area (Å²) in [6.45, 7) is 5.86. The van der Waals surface area contributed by atoms with Crippen molar-refractivity contribution in [3.63, 3.8) is 0 Å². The van der Waals surface area contributed by atoms with E-state index in [1.165, 1.54) is 12.4 Å². The Bertz CT molecular complexity index is 2370. The lowest BCUT2D eigenvalue weighted by atomic mass is 9.84. The van der Waals surface area contributed by atoms with Gasteiger partial charge in [0, 0.05) is 88.3 Å². The molecule has 4 heterocycles. The molecular formula is C51H70F3N11O7. The van der Waals surface area contributed by atoms with Crippen LogP contribution in [0.15, 0.2) is 49.1 Å². The molecule has 72 heavy (non-hydrogen) atoms. The van der Waals surface area contributed by atoms with Crippen LogP contribution in [0.25, 0.3) is 10.9 Å². The van der Waals surface area contributed by atoms with E-state index in [-0.39, 0.29) is 134 Å². The Labute approximate surface area is 418 Å². The highest BCUT2D eigenvalue weighted by molar-refractivity contribution is 5.93. The minimum atomic E-state index is -4.56. The van der Waals surface area contributed by atoms with Crippen molar-refractivity contribution < 1.29 is 46.7 Å². The molecule has 2 saturated heterocycles. The molecule has 5 N–H and O–H groups in total. The van der Waals surface area contributed by atoms with Gasteiger partial charge in [-0.2, -0.15) is 13.2 Å². The maximum Gasteiger partial charge on any atom is 0.416 e. The molecule has 3 aromatic rings. The first kappa shape index (κ1) is 53.8. The SMILES string of the molecule is CC(C)N(C)[C@@H]1CC[C@H](N2CC[C@H](Nc3ncnc4ccc(C(F)(F)F)cc34)C2=O)[C@H](NC(=O)CCCC(=O)NC2CCC(CNC(=O)CCOCCNC(=O)[C@H]3CC(=O)N(C)[C@@H]3c3cccnc3)CC2)C1. The third kappa shape index (κ3) is 14.0. The van der Waals surface area contributed by atoms with Crippen LogP contribution in [0.3, 0.4) is 0 Å². The Morgan fingerprint density at radius 3 is 2.39 bits per heavy atom. The summed E-state index contributed by atoms with van der Waals surface area (Å²) in [4.78, 5) is 96.5. The van der Waals surface area contributed by atoms with Crippen LogP contribution in [-0.2, 0) is 39.7 Å². The number of halogens is 3. The molecule has 2 aliphatic heterocycles. The Morgan fingerprint density at radius 1 is 0.903 bits per heavy atom. The van der Waals surface area contributed by atoms with Gasteiger partial charge >= 0.3 is 6.18 Å². The topological polar surface area (TPSA) is 220 Å². The number of aromatic nitrogens is 3. The summed E-state index contributed by atoms with van der Waals surface area (Å²) in [6, 6.07) is 5.63. The first-order chi connectivity index (χ1) is 34.5. The number of benzene rings is 1. The monoisotopic (exact) mass is 1010 g/mol. The van der Waals surface area contributed by atoms with Gasteiger partial charge in [-0.05, 0) is 114 Å². The molecule has 18 nitrogen and oxygen atoms in total. The van der Waals surface area contributed by atoms with Gasteiger partial charge in [0.1, 0.15) is 18.2 Å². The number of nitrogens with zero attached hydrogens (tertiary/aromatic N) is 6. The second-order valence-electron chi connectivity index (χ2n) is 20.1. The quantitative estimate of drug-likeness (QED) is 0.0932. The summed E-state index contributed by atoms with van der Waals surface area (Å²) in [5.74, 6) is -1.05. The van der Waals surface area contributed by atoms with Gasteiger partial charge in [0.2, 0.25) is 35.4 Å². The molecular weight excluding hydrogens is 936 g/mol. The zero-order chi connectivity index (χ0) is 51.5. The highest BCUT2D eigenvalue weighted by atomic mass is 19.4. The summed E-state index contributed by atoms with van der Waals surface area (Å²) < 4.78 is 46.3. The Morgan fingerprint density at radius 2 is 1.67 bits per heavy atom. The first-order valence-corrected chi connectivity index (χ1v) is 25.4. The van der Waals surface area contributed by atoms with E-state index in [2.05, 4.69) is 67.3 Å². The van der Waals surface area contributed by atoms with Crippen LogP contribution in [-0.4, -0.2) is 148 Å². The molecule has 4 fully saturated rings. The molecule has 0 radical (unpaired) electrons. The van der Waals surface area contributed by atoms with Crippen LogP contribution in [0.4, 0.5) is 19.0 Å². The molecule has 6 atom stereocenters. The van der Waals surface area contributed by atoms with Crippen molar-refractivity contribution >= 4 is 52.2 Å². The molecule has 1 aromatic carbocycles. The van der Waals surface area contributed by atoms with Crippen LogP contribution in [0.1, 0.15) is 114 Å². The zero-order valence-corrected chi connectivity index (χ0v) is 41.7. The van der Waals surface area contributed by atoms with E-state index in [1.54, 1.807) is 35.3 Å². The average molecular weight is 1010 g/mol. The Hall–Kier alpha value is -5.96. The van der Waals surface area contributed by atoms with Crippen molar-refractivity contribution in [1.29, 1.82) is 0 Å². The third-order valence-electron chi connectivity index (χ3n) is 15.0. The second kappa shape index (κ2) is 24.6. The van der Waals surface area contributed by atoms with Gasteiger partial charge in [0.25, 0.3) is 0 Å². The second-order valence-corrected chi connectivity index (χ2v) is 20.1. The van der Waals surface area contributed by atoms with Crippen molar-refractivity contribution in [2.75, 3.05) is 52.3 Å². The largest absolute Gasteiger partial charge is 0.416 e. The van der Waals surface area contributed by atoms with Gasteiger partial charge in [0.15, 0.2) is 0 Å². The van der Waals surface area contributed by atoms with Gasteiger partial charge in [-0.15, -0.1) is 0 Å². The highest BCUT2D eigenvalue weighted by Gasteiger charge is 2.44. The smallest absolute Gasteiger partial charge is 0.379 e. The Kier molecular flexibility index (Phi) is 18.4.